The highest BCUT2D eigenvalue weighted by Crippen LogP contribution is 2.29. The molecule has 5 nitrogen and oxygen atoms in total. The fraction of sp³-hybridized carbons (Fsp3) is 0.533. The molecular formula is C15H19BrFN3O2. The van der Waals surface area contributed by atoms with Crippen LogP contribution < -0.4 is 11.1 Å². The maximum Gasteiger partial charge on any atom is 0.253 e. The Morgan fingerprint density at radius 3 is 2.95 bits per heavy atom. The molecule has 120 valence electrons. The van der Waals surface area contributed by atoms with Crippen LogP contribution in [0.1, 0.15) is 23.2 Å². The van der Waals surface area contributed by atoms with Crippen LogP contribution in [0.5, 0.6) is 0 Å². The Labute approximate surface area is 137 Å². The number of rotatable bonds is 5. The van der Waals surface area contributed by atoms with Crippen LogP contribution in [0.15, 0.2) is 16.6 Å². The molecule has 3 N–H and O–H groups in total. The first-order chi connectivity index (χ1) is 10.5. The van der Waals surface area contributed by atoms with E-state index in [1.165, 1.54) is 18.9 Å². The molecule has 1 aromatic carbocycles. The van der Waals surface area contributed by atoms with E-state index >= 15 is 0 Å². The van der Waals surface area contributed by atoms with Crippen LogP contribution in [0.4, 0.5) is 10.1 Å². The van der Waals surface area contributed by atoms with Crippen molar-refractivity contribution in [2.75, 3.05) is 31.6 Å². The molecule has 1 aromatic rings. The summed E-state index contributed by atoms with van der Waals surface area (Å²) in [5.74, 6) is -1.41. The number of carbonyl (C=O) groups excluding carboxylic acids is 1. The Hall–Kier alpha value is -1.18. The number of ether oxygens (including phenoxy) is 1. The minimum Gasteiger partial charge on any atom is -0.382 e. The summed E-state index contributed by atoms with van der Waals surface area (Å²) in [7, 11) is 0. The Bertz CT molecular complexity index is 580. The summed E-state index contributed by atoms with van der Waals surface area (Å²) in [6.07, 6.45) is 2.56. The van der Waals surface area contributed by atoms with Crippen LogP contribution in [-0.2, 0) is 4.74 Å². The van der Waals surface area contributed by atoms with Crippen molar-refractivity contribution in [2.45, 2.75) is 25.0 Å². The molecule has 0 aromatic heterocycles. The zero-order valence-electron chi connectivity index (χ0n) is 12.1. The average molecular weight is 372 g/mol. The number of carbonyl (C=O) groups is 1. The van der Waals surface area contributed by atoms with Gasteiger partial charge in [0.2, 0.25) is 0 Å². The van der Waals surface area contributed by atoms with Crippen LogP contribution in [0.3, 0.4) is 0 Å². The van der Waals surface area contributed by atoms with Crippen molar-refractivity contribution >= 4 is 27.5 Å². The number of amides is 1. The van der Waals surface area contributed by atoms with Crippen molar-refractivity contribution in [3.05, 3.63) is 28.0 Å². The smallest absolute Gasteiger partial charge is 0.253 e. The minimum atomic E-state index is -0.781. The number of benzene rings is 1. The van der Waals surface area contributed by atoms with Gasteiger partial charge in [0.25, 0.3) is 5.91 Å². The van der Waals surface area contributed by atoms with Crippen LogP contribution in [0.2, 0.25) is 0 Å². The molecule has 2 fully saturated rings. The molecule has 0 radical (unpaired) electrons. The number of morpholine rings is 1. The Kier molecular flexibility index (Phi) is 4.65. The highest BCUT2D eigenvalue weighted by Gasteiger charge is 2.32. The van der Waals surface area contributed by atoms with Crippen LogP contribution in [-0.4, -0.2) is 49.2 Å². The lowest BCUT2D eigenvalue weighted by molar-refractivity contribution is -0.0241. The lowest BCUT2D eigenvalue weighted by Crippen LogP contribution is -2.46. The average Bonchev–Trinajstić information content (AvgIpc) is 3.29. The Balaban J connectivity index is 1.66. The summed E-state index contributed by atoms with van der Waals surface area (Å²) in [5, 5.41) is 3.10. The third-order valence-corrected chi connectivity index (χ3v) is 4.51. The van der Waals surface area contributed by atoms with Gasteiger partial charge in [-0.25, -0.2) is 4.39 Å². The number of hydrogen-bond acceptors (Lipinski definition) is 4. The molecule has 1 aliphatic carbocycles. The van der Waals surface area contributed by atoms with E-state index in [0.717, 1.165) is 13.1 Å². The molecule has 2 aliphatic rings. The van der Waals surface area contributed by atoms with Gasteiger partial charge in [-0.3, -0.25) is 9.69 Å². The first-order valence-corrected chi connectivity index (χ1v) is 8.22. The summed E-state index contributed by atoms with van der Waals surface area (Å²) in [4.78, 5) is 13.9. The molecule has 0 bridgehead atoms. The van der Waals surface area contributed by atoms with Gasteiger partial charge in [0, 0.05) is 30.1 Å². The van der Waals surface area contributed by atoms with E-state index in [0.29, 0.717) is 29.4 Å². The van der Waals surface area contributed by atoms with Gasteiger partial charge in [-0.2, -0.15) is 0 Å². The van der Waals surface area contributed by atoms with E-state index in [4.69, 9.17) is 10.5 Å². The van der Waals surface area contributed by atoms with Gasteiger partial charge < -0.3 is 15.8 Å². The number of halogens is 2. The molecule has 22 heavy (non-hydrogen) atoms. The van der Waals surface area contributed by atoms with Gasteiger partial charge in [0.15, 0.2) is 0 Å². The highest BCUT2D eigenvalue weighted by atomic mass is 79.9. The van der Waals surface area contributed by atoms with Crippen molar-refractivity contribution in [3.8, 4) is 0 Å². The van der Waals surface area contributed by atoms with E-state index in [9.17, 15) is 9.18 Å². The summed E-state index contributed by atoms with van der Waals surface area (Å²) in [6, 6.07) is 3.60. The van der Waals surface area contributed by atoms with Crippen LogP contribution in [0, 0.1) is 5.82 Å². The van der Waals surface area contributed by atoms with Gasteiger partial charge in [0.1, 0.15) is 5.82 Å². The van der Waals surface area contributed by atoms with Crippen molar-refractivity contribution < 1.29 is 13.9 Å². The second-order valence-electron chi connectivity index (χ2n) is 5.77. The molecule has 1 heterocycles. The lowest BCUT2D eigenvalue weighted by Gasteiger charge is -2.33. The van der Waals surface area contributed by atoms with E-state index < -0.39 is 11.7 Å². The molecule has 1 amide bonds. The second kappa shape index (κ2) is 6.52. The highest BCUT2D eigenvalue weighted by molar-refractivity contribution is 9.10. The number of anilines is 1. The quantitative estimate of drug-likeness (QED) is 0.830. The molecule has 1 atom stereocenters. The van der Waals surface area contributed by atoms with Crippen molar-refractivity contribution in [2.24, 2.45) is 5.73 Å². The Morgan fingerprint density at radius 2 is 2.27 bits per heavy atom. The normalized spacial score (nSPS) is 22.5. The topological polar surface area (TPSA) is 67.6 Å². The van der Waals surface area contributed by atoms with Crippen molar-refractivity contribution in [1.82, 2.24) is 4.90 Å². The van der Waals surface area contributed by atoms with E-state index in [1.807, 2.05) is 0 Å². The Morgan fingerprint density at radius 1 is 1.50 bits per heavy atom. The SMILES string of the molecule is NC(=O)c1c(F)cc(Br)cc1NCC1CN(C2CC2)CCO1. The first kappa shape index (κ1) is 15.7. The first-order valence-electron chi connectivity index (χ1n) is 7.43. The molecule has 1 saturated carbocycles. The standard InChI is InChI=1S/C15H19BrFN3O2/c16-9-5-12(17)14(15(18)21)13(6-9)19-7-11-8-20(3-4-22-11)10-1-2-10/h5-6,10-11,19H,1-4,7-8H2,(H2,18,21). The molecule has 1 saturated heterocycles. The molecule has 1 unspecified atom stereocenters. The molecule has 0 spiro atoms. The predicted molar refractivity (Wildman–Crippen MR) is 85.4 cm³/mol. The number of primary amides is 1. The zero-order valence-corrected chi connectivity index (χ0v) is 13.7. The third kappa shape index (κ3) is 3.59. The predicted octanol–water partition coefficient (Wildman–Crippen LogP) is 1.96. The largest absolute Gasteiger partial charge is 0.382 e. The van der Waals surface area contributed by atoms with Gasteiger partial charge in [-0.15, -0.1) is 0 Å². The van der Waals surface area contributed by atoms with Gasteiger partial charge >= 0.3 is 0 Å². The van der Waals surface area contributed by atoms with Crippen molar-refractivity contribution in [1.29, 1.82) is 0 Å². The summed E-state index contributed by atoms with van der Waals surface area (Å²) in [6.45, 7) is 3.05. The minimum absolute atomic E-state index is 0.0251. The monoisotopic (exact) mass is 371 g/mol. The molecular weight excluding hydrogens is 353 g/mol. The fourth-order valence-corrected chi connectivity index (χ4v) is 3.25. The summed E-state index contributed by atoms with van der Waals surface area (Å²) in [5.41, 5.74) is 5.55. The number of nitrogens with zero attached hydrogens (tertiary/aromatic N) is 1. The number of nitrogens with one attached hydrogen (secondary N) is 1. The molecule has 7 heteroatoms. The summed E-state index contributed by atoms with van der Waals surface area (Å²) >= 11 is 3.23. The summed E-state index contributed by atoms with van der Waals surface area (Å²) < 4.78 is 20.2. The molecule has 1 aliphatic heterocycles. The van der Waals surface area contributed by atoms with E-state index in [-0.39, 0.29) is 11.7 Å². The van der Waals surface area contributed by atoms with Crippen molar-refractivity contribution in [3.63, 3.8) is 0 Å². The van der Waals surface area contributed by atoms with Gasteiger partial charge in [-0.05, 0) is 25.0 Å². The lowest BCUT2D eigenvalue weighted by atomic mass is 10.1. The fourth-order valence-electron chi connectivity index (χ4n) is 2.82. The molecule has 3 rings (SSSR count). The van der Waals surface area contributed by atoms with Gasteiger partial charge in [0.05, 0.1) is 24.0 Å². The van der Waals surface area contributed by atoms with Gasteiger partial charge in [-0.1, -0.05) is 15.9 Å². The zero-order chi connectivity index (χ0) is 15.7. The second-order valence-corrected chi connectivity index (χ2v) is 6.69. The van der Waals surface area contributed by atoms with Crippen LogP contribution in [0.25, 0.3) is 0 Å². The van der Waals surface area contributed by atoms with E-state index in [2.05, 4.69) is 26.1 Å². The van der Waals surface area contributed by atoms with Crippen LogP contribution >= 0.6 is 15.9 Å². The maximum absolute atomic E-state index is 13.9. The maximum atomic E-state index is 13.9. The number of hydrogen-bond donors (Lipinski definition) is 2. The number of nitrogens with two attached hydrogens (primary N) is 1. The third-order valence-electron chi connectivity index (χ3n) is 4.06. The van der Waals surface area contributed by atoms with E-state index in [1.54, 1.807) is 6.07 Å².